The van der Waals surface area contributed by atoms with Crippen LogP contribution in [0.1, 0.15) is 30.7 Å². The summed E-state index contributed by atoms with van der Waals surface area (Å²) in [4.78, 5) is 25.6. The first kappa shape index (κ1) is 17.5. The number of halogens is 2. The summed E-state index contributed by atoms with van der Waals surface area (Å²) < 4.78 is 5.31. The number of hydrogen-bond acceptors (Lipinski definition) is 3. The Morgan fingerprint density at radius 2 is 1.96 bits per heavy atom. The maximum Gasteiger partial charge on any atom is 0.323 e. The van der Waals surface area contributed by atoms with Crippen LogP contribution in [0.15, 0.2) is 18.2 Å². The van der Waals surface area contributed by atoms with Gasteiger partial charge in [-0.25, -0.2) is 0 Å². The molecule has 1 heterocycles. The molecule has 0 spiro atoms. The van der Waals surface area contributed by atoms with Crippen LogP contribution in [0.2, 0.25) is 10.0 Å². The molecule has 1 aromatic rings. The number of rotatable bonds is 5. The molecule has 1 saturated carbocycles. The first-order valence-electron chi connectivity index (χ1n) is 8.03. The van der Waals surface area contributed by atoms with E-state index < -0.39 is 5.97 Å². The maximum absolute atomic E-state index is 12.9. The SMILES string of the molecule is O=C(O)CN(C(=O)[C@@H]1C[C@@H]1c1cccc(Cl)c1Cl)C1CCOCC1. The third-order valence-electron chi connectivity index (χ3n) is 4.71. The zero-order valence-electron chi connectivity index (χ0n) is 13.1. The highest BCUT2D eigenvalue weighted by Crippen LogP contribution is 2.51. The van der Waals surface area contributed by atoms with Crippen LogP contribution in [0.5, 0.6) is 0 Å². The van der Waals surface area contributed by atoms with Crippen molar-refractivity contribution in [1.82, 2.24) is 4.90 Å². The maximum atomic E-state index is 12.9. The highest BCUT2D eigenvalue weighted by molar-refractivity contribution is 6.42. The number of carboxylic acid groups (broad SMARTS) is 1. The fourth-order valence-electron chi connectivity index (χ4n) is 3.36. The zero-order chi connectivity index (χ0) is 17.3. The number of carbonyl (C=O) groups is 2. The van der Waals surface area contributed by atoms with Crippen molar-refractivity contribution in [2.75, 3.05) is 19.8 Å². The van der Waals surface area contributed by atoms with Gasteiger partial charge >= 0.3 is 5.97 Å². The van der Waals surface area contributed by atoms with Crippen molar-refractivity contribution in [3.05, 3.63) is 33.8 Å². The third kappa shape index (κ3) is 3.68. The second kappa shape index (κ2) is 7.30. The van der Waals surface area contributed by atoms with Gasteiger partial charge in [-0.3, -0.25) is 9.59 Å². The molecule has 1 aromatic carbocycles. The smallest absolute Gasteiger partial charge is 0.323 e. The van der Waals surface area contributed by atoms with Gasteiger partial charge < -0.3 is 14.7 Å². The molecule has 7 heteroatoms. The van der Waals surface area contributed by atoms with E-state index in [4.69, 9.17) is 33.0 Å². The lowest BCUT2D eigenvalue weighted by atomic mass is 10.0. The zero-order valence-corrected chi connectivity index (χ0v) is 14.6. The van der Waals surface area contributed by atoms with Crippen LogP contribution >= 0.6 is 23.2 Å². The van der Waals surface area contributed by atoms with Gasteiger partial charge in [-0.1, -0.05) is 35.3 Å². The van der Waals surface area contributed by atoms with E-state index in [9.17, 15) is 9.59 Å². The molecule has 0 unspecified atom stereocenters. The Morgan fingerprint density at radius 1 is 1.25 bits per heavy atom. The minimum absolute atomic E-state index is 0.0137. The summed E-state index contributed by atoms with van der Waals surface area (Å²) in [5, 5.41) is 10.1. The average Bonchev–Trinajstić information content (AvgIpc) is 3.35. The molecular formula is C17H19Cl2NO4. The van der Waals surface area contributed by atoms with Crippen LogP contribution in [-0.4, -0.2) is 47.7 Å². The molecule has 1 aliphatic carbocycles. The summed E-state index contributed by atoms with van der Waals surface area (Å²) in [6.45, 7) is 0.848. The van der Waals surface area contributed by atoms with Crippen LogP contribution in [0.3, 0.4) is 0 Å². The van der Waals surface area contributed by atoms with Crippen molar-refractivity contribution in [2.45, 2.75) is 31.2 Å². The number of amides is 1. The molecular weight excluding hydrogens is 353 g/mol. The molecule has 0 aromatic heterocycles. The third-order valence-corrected chi connectivity index (χ3v) is 5.54. The average molecular weight is 372 g/mol. The van der Waals surface area contributed by atoms with E-state index in [1.54, 1.807) is 6.07 Å². The Kier molecular flexibility index (Phi) is 5.33. The number of nitrogens with zero attached hydrogens (tertiary/aromatic N) is 1. The number of hydrogen-bond donors (Lipinski definition) is 1. The van der Waals surface area contributed by atoms with E-state index in [2.05, 4.69) is 0 Å². The summed E-state index contributed by atoms with van der Waals surface area (Å²) in [6, 6.07) is 5.34. The van der Waals surface area contributed by atoms with E-state index in [0.29, 0.717) is 42.5 Å². The monoisotopic (exact) mass is 371 g/mol. The normalized spacial score (nSPS) is 23.8. The molecule has 1 saturated heterocycles. The first-order valence-corrected chi connectivity index (χ1v) is 8.78. The molecule has 2 atom stereocenters. The predicted molar refractivity (Wildman–Crippen MR) is 90.5 cm³/mol. The second-order valence-electron chi connectivity index (χ2n) is 6.30. The van der Waals surface area contributed by atoms with Gasteiger partial charge in [0.15, 0.2) is 0 Å². The van der Waals surface area contributed by atoms with Crippen molar-refractivity contribution in [3.8, 4) is 0 Å². The standard InChI is InChI=1S/C17H19Cl2NO4/c18-14-3-1-2-11(16(14)19)12-8-13(12)17(23)20(9-15(21)22)10-4-6-24-7-5-10/h1-3,10,12-13H,4-9H2,(H,21,22)/t12-,13-/m1/s1. The van der Waals surface area contributed by atoms with E-state index in [0.717, 1.165) is 5.56 Å². The number of ether oxygens (including phenoxy) is 1. The molecule has 2 aliphatic rings. The predicted octanol–water partition coefficient (Wildman–Crippen LogP) is 3.19. The van der Waals surface area contributed by atoms with Crippen LogP contribution in [0.25, 0.3) is 0 Å². The Hall–Kier alpha value is -1.30. The van der Waals surface area contributed by atoms with Crippen molar-refractivity contribution < 1.29 is 19.4 Å². The second-order valence-corrected chi connectivity index (χ2v) is 7.08. The number of carboxylic acids is 1. The topological polar surface area (TPSA) is 66.8 Å². The van der Waals surface area contributed by atoms with Crippen molar-refractivity contribution in [3.63, 3.8) is 0 Å². The quantitative estimate of drug-likeness (QED) is 0.862. The fraction of sp³-hybridized carbons (Fsp3) is 0.529. The van der Waals surface area contributed by atoms with Crippen LogP contribution < -0.4 is 0 Å². The van der Waals surface area contributed by atoms with Gasteiger partial charge in [0.25, 0.3) is 0 Å². The van der Waals surface area contributed by atoms with E-state index in [1.807, 2.05) is 12.1 Å². The van der Waals surface area contributed by atoms with Crippen molar-refractivity contribution >= 4 is 35.1 Å². The van der Waals surface area contributed by atoms with Crippen LogP contribution in [0.4, 0.5) is 0 Å². The van der Waals surface area contributed by atoms with Crippen LogP contribution in [-0.2, 0) is 14.3 Å². The molecule has 1 aliphatic heterocycles. The highest BCUT2D eigenvalue weighted by atomic mass is 35.5. The lowest BCUT2D eigenvalue weighted by molar-refractivity contribution is -0.148. The largest absolute Gasteiger partial charge is 0.480 e. The Labute approximate surface area is 150 Å². The van der Waals surface area contributed by atoms with E-state index >= 15 is 0 Å². The Bertz CT molecular complexity index is 645. The summed E-state index contributed by atoms with van der Waals surface area (Å²) in [5.74, 6) is -1.30. The molecule has 0 bridgehead atoms. The molecule has 1 N–H and O–H groups in total. The molecule has 3 rings (SSSR count). The minimum atomic E-state index is -0.993. The summed E-state index contributed by atoms with van der Waals surface area (Å²) in [5.41, 5.74) is 0.866. The lowest BCUT2D eigenvalue weighted by Gasteiger charge is -2.33. The number of aliphatic carboxylic acids is 1. The Balaban J connectivity index is 1.74. The lowest BCUT2D eigenvalue weighted by Crippen LogP contribution is -2.46. The van der Waals surface area contributed by atoms with Gasteiger partial charge in [0.1, 0.15) is 6.54 Å². The number of benzene rings is 1. The van der Waals surface area contributed by atoms with Gasteiger partial charge in [0, 0.05) is 25.2 Å². The van der Waals surface area contributed by atoms with Gasteiger partial charge in [0.05, 0.1) is 10.0 Å². The van der Waals surface area contributed by atoms with Gasteiger partial charge in [0.2, 0.25) is 5.91 Å². The summed E-state index contributed by atoms with van der Waals surface area (Å²) >= 11 is 12.3. The molecule has 0 radical (unpaired) electrons. The van der Waals surface area contributed by atoms with E-state index in [1.165, 1.54) is 4.90 Å². The van der Waals surface area contributed by atoms with Gasteiger partial charge in [-0.15, -0.1) is 0 Å². The molecule has 1 amide bonds. The molecule has 2 fully saturated rings. The Morgan fingerprint density at radius 3 is 2.62 bits per heavy atom. The first-order chi connectivity index (χ1) is 11.5. The summed E-state index contributed by atoms with van der Waals surface area (Å²) in [7, 11) is 0. The van der Waals surface area contributed by atoms with Crippen molar-refractivity contribution in [1.29, 1.82) is 0 Å². The van der Waals surface area contributed by atoms with Crippen LogP contribution in [0, 0.1) is 5.92 Å². The fourth-order valence-corrected chi connectivity index (χ4v) is 3.81. The minimum Gasteiger partial charge on any atom is -0.480 e. The summed E-state index contributed by atoms with van der Waals surface area (Å²) in [6.07, 6.45) is 2.03. The molecule has 130 valence electrons. The van der Waals surface area contributed by atoms with E-state index in [-0.39, 0.29) is 30.3 Å². The van der Waals surface area contributed by atoms with Gasteiger partial charge in [-0.2, -0.15) is 0 Å². The van der Waals surface area contributed by atoms with Crippen molar-refractivity contribution in [2.24, 2.45) is 5.92 Å². The molecule has 24 heavy (non-hydrogen) atoms. The number of carbonyl (C=O) groups excluding carboxylic acids is 1. The van der Waals surface area contributed by atoms with Gasteiger partial charge in [-0.05, 0) is 36.8 Å². The molecule has 5 nitrogen and oxygen atoms in total. The highest BCUT2D eigenvalue weighted by Gasteiger charge is 2.48.